The molecule has 27 heavy (non-hydrogen) atoms. The number of rotatable bonds is 5. The third-order valence-corrected chi connectivity index (χ3v) is 5.48. The van der Waals surface area contributed by atoms with Crippen molar-refractivity contribution in [3.05, 3.63) is 21.7 Å². The minimum atomic E-state index is -7.88. The van der Waals surface area contributed by atoms with Gasteiger partial charge in [0.1, 0.15) is 0 Å². The van der Waals surface area contributed by atoms with Crippen molar-refractivity contribution in [3.8, 4) is 0 Å². The Kier molecular flexibility index (Phi) is 4.80. The average molecular weight is 458 g/mol. The third kappa shape index (κ3) is 2.79. The van der Waals surface area contributed by atoms with Crippen molar-refractivity contribution in [2.24, 2.45) is 0 Å². The minimum absolute atomic E-state index is 0.138. The molecule has 15 heteroatoms. The Hall–Kier alpha value is -1.25. The molecule has 154 valence electrons. The summed E-state index contributed by atoms with van der Waals surface area (Å²) in [7, 11) is 0. The molecule has 0 aromatic carbocycles. The van der Waals surface area contributed by atoms with Crippen LogP contribution in [0.1, 0.15) is 4.88 Å². The number of hydrogen-bond acceptors (Lipinski definition) is 2. The highest BCUT2D eigenvalue weighted by Gasteiger charge is 2.91. The lowest BCUT2D eigenvalue weighted by molar-refractivity contribution is -0.441. The highest BCUT2D eigenvalue weighted by atomic mass is 32.1. The molecule has 0 spiro atoms. The summed E-state index contributed by atoms with van der Waals surface area (Å²) in [5, 5.41) is 2.06. The monoisotopic (exact) mass is 458 g/mol. The maximum absolute atomic E-state index is 13.9. The molecule has 2 aromatic heterocycles. The van der Waals surface area contributed by atoms with Crippen LogP contribution >= 0.6 is 22.7 Å². The summed E-state index contributed by atoms with van der Waals surface area (Å²) < 4.78 is 169. The Morgan fingerprint density at radius 2 is 1.07 bits per heavy atom. The lowest BCUT2D eigenvalue weighted by Gasteiger charge is -2.39. The van der Waals surface area contributed by atoms with Crippen molar-refractivity contribution in [3.63, 3.8) is 0 Å². The smallest absolute Gasteiger partial charge is 0.193 e. The van der Waals surface area contributed by atoms with E-state index < -0.39 is 40.7 Å². The second-order valence-corrected chi connectivity index (χ2v) is 7.00. The molecule has 0 radical (unpaired) electrons. The summed E-state index contributed by atoms with van der Waals surface area (Å²) in [6.07, 6.45) is -7.41. The van der Waals surface area contributed by atoms with Crippen LogP contribution in [-0.2, 0) is 5.92 Å². The van der Waals surface area contributed by atoms with Gasteiger partial charge in [0.2, 0.25) is 0 Å². The highest BCUT2D eigenvalue weighted by molar-refractivity contribution is 7.22. The van der Waals surface area contributed by atoms with Gasteiger partial charge in [0.05, 0.1) is 4.88 Å². The van der Waals surface area contributed by atoms with E-state index in [-0.39, 0.29) is 27.5 Å². The fourth-order valence-electron chi connectivity index (χ4n) is 1.85. The van der Waals surface area contributed by atoms with E-state index in [1.807, 2.05) is 0 Å². The van der Waals surface area contributed by atoms with Crippen LogP contribution in [0.25, 0.3) is 10.1 Å². The lowest BCUT2D eigenvalue weighted by Crippen LogP contribution is -2.69. The molecule has 2 rings (SSSR count). The van der Waals surface area contributed by atoms with E-state index in [1.165, 1.54) is 0 Å². The summed E-state index contributed by atoms with van der Waals surface area (Å²) in [6, 6.07) is 0.223. The third-order valence-electron chi connectivity index (χ3n) is 3.40. The van der Waals surface area contributed by atoms with Gasteiger partial charge in [0.15, 0.2) is 0 Å². The fraction of sp³-hybridized carbons (Fsp3) is 0.500. The molecular formula is C12H3F13S2. The molecule has 2 aromatic rings. The van der Waals surface area contributed by atoms with Gasteiger partial charge in [-0.15, -0.1) is 11.3 Å². The van der Waals surface area contributed by atoms with E-state index in [0.29, 0.717) is 0 Å². The molecule has 0 nitrogen and oxygen atoms in total. The van der Waals surface area contributed by atoms with Crippen LogP contribution < -0.4 is 0 Å². The molecule has 2 heterocycles. The van der Waals surface area contributed by atoms with Crippen LogP contribution in [0.5, 0.6) is 0 Å². The molecule has 0 N–H and O–H groups in total. The van der Waals surface area contributed by atoms with Crippen LogP contribution in [0.2, 0.25) is 0 Å². The Labute approximate surface area is 148 Å². The molecule has 0 aliphatic heterocycles. The van der Waals surface area contributed by atoms with Gasteiger partial charge < -0.3 is 0 Å². The molecule has 0 unspecified atom stereocenters. The Balaban J connectivity index is 2.59. The van der Waals surface area contributed by atoms with Gasteiger partial charge in [0, 0.05) is 15.5 Å². The number of fused-ring (bicyclic) bond motifs is 1. The van der Waals surface area contributed by atoms with Crippen molar-refractivity contribution in [1.29, 1.82) is 0 Å². The van der Waals surface area contributed by atoms with E-state index in [1.54, 1.807) is 0 Å². The first kappa shape index (κ1) is 22.0. The van der Waals surface area contributed by atoms with Gasteiger partial charge in [-0.05, 0) is 11.4 Å². The van der Waals surface area contributed by atoms with E-state index >= 15 is 0 Å². The second-order valence-electron chi connectivity index (χ2n) is 5.17. The van der Waals surface area contributed by atoms with Crippen LogP contribution in [0, 0.1) is 0 Å². The van der Waals surface area contributed by atoms with E-state index in [2.05, 4.69) is 0 Å². The molecule has 0 atom stereocenters. The SMILES string of the molecule is FC(F)(F)C(F)(F)C(F)(F)C(F)(F)C(F)(F)C(F)(F)c1cc2cscc2s1. The van der Waals surface area contributed by atoms with Crippen molar-refractivity contribution < 1.29 is 57.1 Å². The standard InChI is InChI=1S/C12H3F13S2/c13-7(14,6-1-4-2-26-3-5(4)27-6)8(15,16)9(17,18)10(19,20)11(21,22)12(23,24)25/h1-3H. The molecule has 0 amide bonds. The first-order valence-electron chi connectivity index (χ1n) is 6.24. The first-order valence-corrected chi connectivity index (χ1v) is 8.00. The quantitative estimate of drug-likeness (QED) is 0.417. The number of hydrogen-bond donors (Lipinski definition) is 0. The van der Waals surface area contributed by atoms with E-state index in [9.17, 15) is 57.1 Å². The predicted octanol–water partition coefficient (Wildman–Crippen LogP) is 7.16. The van der Waals surface area contributed by atoms with Gasteiger partial charge in [-0.3, -0.25) is 0 Å². The maximum atomic E-state index is 13.9. The van der Waals surface area contributed by atoms with Crippen LogP contribution in [0.15, 0.2) is 16.8 Å². The Bertz CT molecular complexity index is 797. The maximum Gasteiger partial charge on any atom is 0.460 e. The normalized spacial score (nSPS) is 15.6. The Morgan fingerprint density at radius 3 is 1.52 bits per heavy atom. The second kappa shape index (κ2) is 5.87. The van der Waals surface area contributed by atoms with Crippen molar-refractivity contribution in [2.45, 2.75) is 35.8 Å². The molecule has 0 saturated carbocycles. The topological polar surface area (TPSA) is 0 Å². The summed E-state index contributed by atoms with van der Waals surface area (Å²) in [4.78, 5) is -1.91. The van der Waals surface area contributed by atoms with Crippen molar-refractivity contribution in [2.75, 3.05) is 0 Å². The lowest BCUT2D eigenvalue weighted by atomic mass is 9.93. The molecule has 0 bridgehead atoms. The van der Waals surface area contributed by atoms with E-state index in [0.717, 1.165) is 22.1 Å². The fourth-order valence-corrected chi connectivity index (χ4v) is 3.87. The minimum Gasteiger partial charge on any atom is -0.193 e. The van der Waals surface area contributed by atoms with Gasteiger partial charge >= 0.3 is 35.8 Å². The highest BCUT2D eigenvalue weighted by Crippen LogP contribution is 2.62. The van der Waals surface area contributed by atoms with Crippen LogP contribution in [-0.4, -0.2) is 29.9 Å². The summed E-state index contributed by atoms with van der Waals surface area (Å²) >= 11 is 0.658. The van der Waals surface area contributed by atoms with Gasteiger partial charge in [0.25, 0.3) is 0 Å². The van der Waals surface area contributed by atoms with Crippen LogP contribution in [0.3, 0.4) is 0 Å². The predicted molar refractivity (Wildman–Crippen MR) is 69.4 cm³/mol. The molecule has 0 aliphatic carbocycles. The molecule has 0 saturated heterocycles. The zero-order valence-electron chi connectivity index (χ0n) is 12.0. The average Bonchev–Trinajstić information content (AvgIpc) is 3.06. The number of thiophene rings is 2. The van der Waals surface area contributed by atoms with Gasteiger partial charge in [-0.25, -0.2) is 0 Å². The number of alkyl halides is 13. The number of halogens is 13. The van der Waals surface area contributed by atoms with Crippen molar-refractivity contribution in [1.82, 2.24) is 0 Å². The zero-order valence-corrected chi connectivity index (χ0v) is 13.6. The summed E-state index contributed by atoms with van der Waals surface area (Å²) in [5.41, 5.74) is 0. The van der Waals surface area contributed by atoms with Crippen molar-refractivity contribution >= 4 is 32.8 Å². The zero-order chi connectivity index (χ0) is 21.3. The Morgan fingerprint density at radius 1 is 0.593 bits per heavy atom. The summed E-state index contributed by atoms with van der Waals surface area (Å²) in [6.45, 7) is 0. The van der Waals surface area contributed by atoms with Gasteiger partial charge in [-0.1, -0.05) is 0 Å². The van der Waals surface area contributed by atoms with E-state index in [4.69, 9.17) is 0 Å². The molecule has 0 aliphatic rings. The largest absolute Gasteiger partial charge is 0.460 e. The molecular weight excluding hydrogens is 455 g/mol. The first-order chi connectivity index (χ1) is 11.8. The van der Waals surface area contributed by atoms with Crippen LogP contribution in [0.4, 0.5) is 57.1 Å². The molecule has 0 fully saturated rings. The summed E-state index contributed by atoms with van der Waals surface area (Å²) in [5.74, 6) is -36.8. The van der Waals surface area contributed by atoms with Gasteiger partial charge in [-0.2, -0.15) is 68.4 Å².